The molecule has 140 valence electrons. The van der Waals surface area contributed by atoms with Crippen LogP contribution in [0.3, 0.4) is 0 Å². The number of aromatic nitrogens is 2. The van der Waals surface area contributed by atoms with Crippen molar-refractivity contribution in [2.75, 3.05) is 12.4 Å². The Morgan fingerprint density at radius 2 is 2.00 bits per heavy atom. The van der Waals surface area contributed by atoms with E-state index in [0.717, 1.165) is 11.1 Å². The molecule has 0 aliphatic heterocycles. The van der Waals surface area contributed by atoms with E-state index in [0.29, 0.717) is 35.4 Å². The van der Waals surface area contributed by atoms with Gasteiger partial charge in [0, 0.05) is 12.7 Å². The first-order valence-electron chi connectivity index (χ1n) is 8.36. The second kappa shape index (κ2) is 8.70. The molecule has 0 fully saturated rings. The van der Waals surface area contributed by atoms with E-state index in [1.165, 1.54) is 0 Å². The maximum Gasteiger partial charge on any atom is 0.255 e. The van der Waals surface area contributed by atoms with Gasteiger partial charge in [0.05, 0.1) is 23.1 Å². The quantitative estimate of drug-likeness (QED) is 0.659. The van der Waals surface area contributed by atoms with E-state index in [4.69, 9.17) is 21.1 Å². The van der Waals surface area contributed by atoms with Gasteiger partial charge in [0.25, 0.3) is 5.91 Å². The predicted octanol–water partition coefficient (Wildman–Crippen LogP) is 4.28. The molecule has 1 heterocycles. The molecule has 0 aliphatic rings. The van der Waals surface area contributed by atoms with Crippen molar-refractivity contribution in [1.29, 1.82) is 0 Å². The third kappa shape index (κ3) is 5.09. The number of rotatable bonds is 7. The van der Waals surface area contributed by atoms with Crippen LogP contribution in [0, 0.1) is 6.92 Å². The summed E-state index contributed by atoms with van der Waals surface area (Å²) in [6.07, 6.45) is 3.28. The van der Waals surface area contributed by atoms with Gasteiger partial charge >= 0.3 is 0 Å². The molecule has 0 saturated carbocycles. The molecule has 0 aliphatic carbocycles. The first-order valence-corrected chi connectivity index (χ1v) is 8.73. The van der Waals surface area contributed by atoms with Gasteiger partial charge in [0.15, 0.2) is 0 Å². The number of anilines is 1. The average Bonchev–Trinajstić information content (AvgIpc) is 3.10. The molecule has 0 saturated heterocycles. The average molecular weight is 386 g/mol. The molecule has 3 rings (SSSR count). The number of hydrogen-bond donors (Lipinski definition) is 1. The van der Waals surface area contributed by atoms with Gasteiger partial charge in [-0.05, 0) is 42.3 Å². The van der Waals surface area contributed by atoms with Crippen LogP contribution in [0.2, 0.25) is 5.02 Å². The molecule has 6 nitrogen and oxygen atoms in total. The van der Waals surface area contributed by atoms with Gasteiger partial charge in [-0.25, -0.2) is 4.68 Å². The maximum atomic E-state index is 12.3. The lowest BCUT2D eigenvalue weighted by molar-refractivity contribution is 0.102. The molecule has 0 unspecified atom stereocenters. The fraction of sp³-hybridized carbons (Fsp3) is 0.200. The summed E-state index contributed by atoms with van der Waals surface area (Å²) in [5.41, 5.74) is 3.18. The highest BCUT2D eigenvalue weighted by Crippen LogP contribution is 2.26. The zero-order valence-corrected chi connectivity index (χ0v) is 15.9. The van der Waals surface area contributed by atoms with E-state index in [1.54, 1.807) is 36.3 Å². The topological polar surface area (TPSA) is 65.4 Å². The summed E-state index contributed by atoms with van der Waals surface area (Å²) >= 11 is 6.14. The van der Waals surface area contributed by atoms with Gasteiger partial charge in [-0.15, -0.1) is 0 Å². The summed E-state index contributed by atoms with van der Waals surface area (Å²) in [5.74, 6) is 0.438. The van der Waals surface area contributed by atoms with Crippen molar-refractivity contribution in [3.05, 3.63) is 76.6 Å². The Kier molecular flexibility index (Phi) is 6.11. The van der Waals surface area contributed by atoms with E-state index < -0.39 is 0 Å². The zero-order chi connectivity index (χ0) is 19.2. The van der Waals surface area contributed by atoms with E-state index in [2.05, 4.69) is 10.4 Å². The van der Waals surface area contributed by atoms with Crippen molar-refractivity contribution in [2.45, 2.75) is 20.3 Å². The number of carbonyl (C=O) groups is 1. The number of nitrogens with one attached hydrogen (secondary N) is 1. The van der Waals surface area contributed by atoms with E-state index >= 15 is 0 Å². The lowest BCUT2D eigenvalue weighted by Crippen LogP contribution is -2.11. The molecular weight excluding hydrogens is 366 g/mol. The number of carbonyl (C=O) groups excluding carboxylic acids is 1. The van der Waals surface area contributed by atoms with Crippen LogP contribution in [0.1, 0.15) is 21.5 Å². The fourth-order valence-electron chi connectivity index (χ4n) is 2.47. The standard InChI is InChI=1S/C20H20ClN3O3/c1-14-3-8-18(21)19(9-14)27-12-15-4-6-16(7-5-15)20(25)23-17-10-22-24(11-17)13-26-2/h3-11H,12-13H2,1-2H3,(H,23,25). The van der Waals surface area contributed by atoms with Gasteiger partial charge in [0.2, 0.25) is 0 Å². The first-order chi connectivity index (χ1) is 13.0. The van der Waals surface area contributed by atoms with Crippen LogP contribution in [0.4, 0.5) is 5.69 Å². The normalized spacial score (nSPS) is 10.6. The Bertz CT molecular complexity index is 922. The summed E-state index contributed by atoms with van der Waals surface area (Å²) in [5, 5.41) is 7.46. The summed E-state index contributed by atoms with van der Waals surface area (Å²) in [6.45, 7) is 2.68. The molecule has 0 atom stereocenters. The van der Waals surface area contributed by atoms with Crippen LogP contribution < -0.4 is 10.1 Å². The van der Waals surface area contributed by atoms with Gasteiger partial charge in [-0.1, -0.05) is 29.8 Å². The van der Waals surface area contributed by atoms with Crippen molar-refractivity contribution in [2.24, 2.45) is 0 Å². The SMILES string of the molecule is COCn1cc(NC(=O)c2ccc(COc3cc(C)ccc3Cl)cc2)cn1. The number of ether oxygens (including phenoxy) is 2. The second-order valence-corrected chi connectivity index (χ2v) is 6.47. The lowest BCUT2D eigenvalue weighted by Gasteiger charge is -2.09. The highest BCUT2D eigenvalue weighted by molar-refractivity contribution is 6.32. The monoisotopic (exact) mass is 385 g/mol. The third-order valence-corrected chi connectivity index (χ3v) is 4.16. The minimum Gasteiger partial charge on any atom is -0.487 e. The number of benzene rings is 2. The van der Waals surface area contributed by atoms with Crippen molar-refractivity contribution < 1.29 is 14.3 Å². The minimum atomic E-state index is -0.207. The number of amides is 1. The van der Waals surface area contributed by atoms with Crippen molar-refractivity contribution >= 4 is 23.2 Å². The van der Waals surface area contributed by atoms with Crippen molar-refractivity contribution in [3.63, 3.8) is 0 Å². The van der Waals surface area contributed by atoms with Crippen molar-refractivity contribution in [1.82, 2.24) is 9.78 Å². The summed E-state index contributed by atoms with van der Waals surface area (Å²) in [6, 6.07) is 12.9. The lowest BCUT2D eigenvalue weighted by atomic mass is 10.1. The zero-order valence-electron chi connectivity index (χ0n) is 15.1. The van der Waals surface area contributed by atoms with E-state index in [1.807, 2.05) is 37.3 Å². The molecule has 2 aromatic carbocycles. The molecular formula is C20H20ClN3O3. The van der Waals surface area contributed by atoms with Crippen LogP contribution in [0.5, 0.6) is 5.75 Å². The number of halogens is 1. The Labute approximate surface area is 162 Å². The first kappa shape index (κ1) is 18.9. The molecule has 1 amide bonds. The number of hydrogen-bond acceptors (Lipinski definition) is 4. The molecule has 1 N–H and O–H groups in total. The van der Waals surface area contributed by atoms with Crippen LogP contribution >= 0.6 is 11.6 Å². The number of aryl methyl sites for hydroxylation is 1. The Hall–Kier alpha value is -2.83. The molecule has 0 spiro atoms. The highest BCUT2D eigenvalue weighted by Gasteiger charge is 2.08. The predicted molar refractivity (Wildman–Crippen MR) is 104 cm³/mol. The van der Waals surface area contributed by atoms with Crippen molar-refractivity contribution in [3.8, 4) is 5.75 Å². The summed E-state index contributed by atoms with van der Waals surface area (Å²) in [7, 11) is 1.58. The van der Waals surface area contributed by atoms with Gasteiger partial charge < -0.3 is 14.8 Å². The molecule has 1 aromatic heterocycles. The maximum absolute atomic E-state index is 12.3. The smallest absolute Gasteiger partial charge is 0.255 e. The van der Waals surface area contributed by atoms with Crippen LogP contribution in [-0.4, -0.2) is 22.8 Å². The largest absolute Gasteiger partial charge is 0.487 e. The minimum absolute atomic E-state index is 0.207. The highest BCUT2D eigenvalue weighted by atomic mass is 35.5. The fourth-order valence-corrected chi connectivity index (χ4v) is 2.64. The Morgan fingerprint density at radius 1 is 1.22 bits per heavy atom. The summed E-state index contributed by atoms with van der Waals surface area (Å²) in [4.78, 5) is 12.3. The molecule has 0 bridgehead atoms. The third-order valence-electron chi connectivity index (χ3n) is 3.85. The van der Waals surface area contributed by atoms with Crippen LogP contribution in [0.25, 0.3) is 0 Å². The van der Waals surface area contributed by atoms with E-state index in [9.17, 15) is 4.79 Å². The van der Waals surface area contributed by atoms with Gasteiger partial charge in [-0.3, -0.25) is 4.79 Å². The molecule has 7 heteroatoms. The molecule has 0 radical (unpaired) electrons. The van der Waals surface area contributed by atoms with Gasteiger partial charge in [0.1, 0.15) is 19.1 Å². The van der Waals surface area contributed by atoms with E-state index in [-0.39, 0.29) is 5.91 Å². The summed E-state index contributed by atoms with van der Waals surface area (Å²) < 4.78 is 12.3. The van der Waals surface area contributed by atoms with Gasteiger partial charge in [-0.2, -0.15) is 5.10 Å². The van der Waals surface area contributed by atoms with Crippen LogP contribution in [0.15, 0.2) is 54.9 Å². The number of nitrogens with zero attached hydrogens (tertiary/aromatic N) is 2. The van der Waals surface area contributed by atoms with Crippen LogP contribution in [-0.2, 0) is 18.1 Å². The molecule has 3 aromatic rings. The second-order valence-electron chi connectivity index (χ2n) is 6.06. The Balaban J connectivity index is 1.59. The number of methoxy groups -OCH3 is 1. The Morgan fingerprint density at radius 3 is 2.74 bits per heavy atom. The molecule has 27 heavy (non-hydrogen) atoms.